The van der Waals surface area contributed by atoms with Gasteiger partial charge in [0, 0.05) is 23.5 Å². The number of aromatic amines is 1. The van der Waals surface area contributed by atoms with E-state index in [1.54, 1.807) is 20.0 Å². The van der Waals surface area contributed by atoms with Gasteiger partial charge in [-0.05, 0) is 25.5 Å². The van der Waals surface area contributed by atoms with Crippen LogP contribution in [0.15, 0.2) is 30.5 Å². The monoisotopic (exact) mass is 290 g/mol. The maximum atomic E-state index is 11.6. The van der Waals surface area contributed by atoms with E-state index in [1.807, 2.05) is 24.3 Å². The third kappa shape index (κ3) is 3.75. The number of hydrogen-bond acceptors (Lipinski definition) is 3. The van der Waals surface area contributed by atoms with Gasteiger partial charge in [-0.1, -0.05) is 18.2 Å². The van der Waals surface area contributed by atoms with E-state index in [-0.39, 0.29) is 12.5 Å². The largest absolute Gasteiger partial charge is 0.480 e. The SMILES string of the molecule is CC(C)OC(=O)N[C@@H](Cc1c[nH]c2ccccc12)C(=O)O. The Hall–Kier alpha value is -2.50. The number of nitrogens with one attached hydrogen (secondary N) is 2. The Bertz CT molecular complexity index is 648. The lowest BCUT2D eigenvalue weighted by atomic mass is 10.1. The van der Waals surface area contributed by atoms with Crippen LogP contribution in [-0.2, 0) is 16.0 Å². The highest BCUT2D eigenvalue weighted by atomic mass is 16.6. The molecule has 0 saturated carbocycles. The number of carbonyl (C=O) groups excluding carboxylic acids is 1. The van der Waals surface area contributed by atoms with E-state index in [0.29, 0.717) is 0 Å². The number of para-hydroxylation sites is 1. The first kappa shape index (κ1) is 14.9. The summed E-state index contributed by atoms with van der Waals surface area (Å²) in [6.45, 7) is 3.41. The maximum absolute atomic E-state index is 11.6. The second-order valence-electron chi connectivity index (χ2n) is 5.05. The fourth-order valence-corrected chi connectivity index (χ4v) is 2.11. The molecule has 1 amide bonds. The quantitative estimate of drug-likeness (QED) is 0.788. The summed E-state index contributed by atoms with van der Waals surface area (Å²) in [6, 6.07) is 6.57. The van der Waals surface area contributed by atoms with Crippen molar-refractivity contribution in [3.05, 3.63) is 36.0 Å². The molecule has 3 N–H and O–H groups in total. The van der Waals surface area contributed by atoms with E-state index >= 15 is 0 Å². The molecule has 1 heterocycles. The first-order valence-corrected chi connectivity index (χ1v) is 6.72. The van der Waals surface area contributed by atoms with Gasteiger partial charge >= 0.3 is 12.1 Å². The van der Waals surface area contributed by atoms with Crippen molar-refractivity contribution in [2.75, 3.05) is 0 Å². The molecule has 1 aromatic heterocycles. The zero-order chi connectivity index (χ0) is 15.4. The van der Waals surface area contributed by atoms with Gasteiger partial charge in [-0.2, -0.15) is 0 Å². The number of fused-ring (bicyclic) bond motifs is 1. The topological polar surface area (TPSA) is 91.4 Å². The highest BCUT2D eigenvalue weighted by Crippen LogP contribution is 2.19. The van der Waals surface area contributed by atoms with Crippen LogP contribution in [0.4, 0.5) is 4.79 Å². The highest BCUT2D eigenvalue weighted by Gasteiger charge is 2.22. The van der Waals surface area contributed by atoms with Gasteiger partial charge in [0.15, 0.2) is 0 Å². The zero-order valence-corrected chi connectivity index (χ0v) is 11.9. The molecular formula is C15H18N2O4. The molecular weight excluding hydrogens is 272 g/mol. The summed E-state index contributed by atoms with van der Waals surface area (Å²) >= 11 is 0. The van der Waals surface area contributed by atoms with Crippen molar-refractivity contribution in [3.63, 3.8) is 0 Å². The van der Waals surface area contributed by atoms with Gasteiger partial charge in [0.1, 0.15) is 6.04 Å². The average Bonchev–Trinajstić information content (AvgIpc) is 2.80. The van der Waals surface area contributed by atoms with Gasteiger partial charge < -0.3 is 20.1 Å². The van der Waals surface area contributed by atoms with E-state index in [1.165, 1.54) is 0 Å². The number of rotatable bonds is 5. The van der Waals surface area contributed by atoms with Crippen molar-refractivity contribution < 1.29 is 19.4 Å². The van der Waals surface area contributed by atoms with Gasteiger partial charge in [0.25, 0.3) is 0 Å². The molecule has 2 rings (SSSR count). The first-order valence-electron chi connectivity index (χ1n) is 6.72. The lowest BCUT2D eigenvalue weighted by Gasteiger charge is -2.15. The van der Waals surface area contributed by atoms with Crippen LogP contribution in [0.25, 0.3) is 10.9 Å². The molecule has 0 aliphatic rings. The van der Waals surface area contributed by atoms with E-state index in [0.717, 1.165) is 16.5 Å². The van der Waals surface area contributed by atoms with Crippen molar-refractivity contribution in [1.82, 2.24) is 10.3 Å². The Morgan fingerprint density at radius 2 is 2.05 bits per heavy atom. The molecule has 0 radical (unpaired) electrons. The number of carbonyl (C=O) groups is 2. The molecule has 0 aliphatic heterocycles. The number of aliphatic carboxylic acids is 1. The van der Waals surface area contributed by atoms with Crippen LogP contribution in [0.3, 0.4) is 0 Å². The second-order valence-corrected chi connectivity index (χ2v) is 5.05. The Morgan fingerprint density at radius 1 is 1.33 bits per heavy atom. The predicted molar refractivity (Wildman–Crippen MR) is 78.2 cm³/mol. The Labute approximate surface area is 122 Å². The van der Waals surface area contributed by atoms with Crippen LogP contribution < -0.4 is 5.32 Å². The molecule has 21 heavy (non-hydrogen) atoms. The van der Waals surface area contributed by atoms with Gasteiger partial charge in [-0.25, -0.2) is 9.59 Å². The minimum atomic E-state index is -1.10. The number of aromatic nitrogens is 1. The Balaban J connectivity index is 2.13. The fourth-order valence-electron chi connectivity index (χ4n) is 2.11. The van der Waals surface area contributed by atoms with E-state index in [4.69, 9.17) is 4.74 Å². The van der Waals surface area contributed by atoms with Gasteiger partial charge in [-0.3, -0.25) is 0 Å². The smallest absolute Gasteiger partial charge is 0.408 e. The molecule has 0 aliphatic carbocycles. The van der Waals surface area contributed by atoms with Crippen LogP contribution in [0, 0.1) is 0 Å². The summed E-state index contributed by atoms with van der Waals surface area (Å²) in [5, 5.41) is 12.6. The molecule has 1 aromatic carbocycles. The van der Waals surface area contributed by atoms with E-state index in [2.05, 4.69) is 10.3 Å². The lowest BCUT2D eigenvalue weighted by Crippen LogP contribution is -2.43. The maximum Gasteiger partial charge on any atom is 0.408 e. The predicted octanol–water partition coefficient (Wildman–Crippen LogP) is 2.30. The Morgan fingerprint density at radius 3 is 2.71 bits per heavy atom. The average molecular weight is 290 g/mol. The van der Waals surface area contributed by atoms with Crippen molar-refractivity contribution >= 4 is 23.0 Å². The molecule has 0 bridgehead atoms. The molecule has 6 heteroatoms. The number of carboxylic acids is 1. The number of hydrogen-bond donors (Lipinski definition) is 3. The van der Waals surface area contributed by atoms with Crippen molar-refractivity contribution in [3.8, 4) is 0 Å². The van der Waals surface area contributed by atoms with Crippen LogP contribution in [0.5, 0.6) is 0 Å². The highest BCUT2D eigenvalue weighted by molar-refractivity contribution is 5.85. The van der Waals surface area contributed by atoms with Crippen molar-refractivity contribution in [2.24, 2.45) is 0 Å². The first-order chi connectivity index (χ1) is 9.97. The second kappa shape index (κ2) is 6.30. The van der Waals surface area contributed by atoms with Crippen molar-refractivity contribution in [1.29, 1.82) is 0 Å². The van der Waals surface area contributed by atoms with E-state index < -0.39 is 18.1 Å². The molecule has 0 spiro atoms. The summed E-state index contributed by atoms with van der Waals surface area (Å²) < 4.78 is 4.92. The van der Waals surface area contributed by atoms with Crippen LogP contribution >= 0.6 is 0 Å². The molecule has 1 atom stereocenters. The number of alkyl carbamates (subject to hydrolysis) is 1. The molecule has 0 fully saturated rings. The molecule has 2 aromatic rings. The Kier molecular flexibility index (Phi) is 4.47. The van der Waals surface area contributed by atoms with Crippen molar-refractivity contribution in [2.45, 2.75) is 32.4 Å². The minimum Gasteiger partial charge on any atom is -0.480 e. The van der Waals surface area contributed by atoms with E-state index in [9.17, 15) is 14.7 Å². The molecule has 0 saturated heterocycles. The van der Waals surface area contributed by atoms with Gasteiger partial charge in [-0.15, -0.1) is 0 Å². The standard InChI is InChI=1S/C15H18N2O4/c1-9(2)21-15(20)17-13(14(18)19)7-10-8-16-12-6-4-3-5-11(10)12/h3-6,8-9,13,16H,7H2,1-2H3,(H,17,20)(H,18,19)/t13-/m0/s1. The molecule has 112 valence electrons. The fraction of sp³-hybridized carbons (Fsp3) is 0.333. The normalized spacial score (nSPS) is 12.3. The summed E-state index contributed by atoms with van der Waals surface area (Å²) in [5.74, 6) is -1.10. The number of benzene rings is 1. The van der Waals surface area contributed by atoms with Gasteiger partial charge in [0.05, 0.1) is 6.10 Å². The summed E-state index contributed by atoms with van der Waals surface area (Å²) in [6.07, 6.45) is 0.924. The number of H-pyrrole nitrogens is 1. The molecule has 0 unspecified atom stereocenters. The number of carboxylic acid groups (broad SMARTS) is 1. The van der Waals surface area contributed by atoms with Crippen LogP contribution in [-0.4, -0.2) is 34.3 Å². The summed E-state index contributed by atoms with van der Waals surface area (Å²) in [7, 11) is 0. The third-order valence-electron chi connectivity index (χ3n) is 3.03. The van der Waals surface area contributed by atoms with Crippen LogP contribution in [0.1, 0.15) is 19.4 Å². The molecule has 6 nitrogen and oxygen atoms in total. The third-order valence-corrected chi connectivity index (χ3v) is 3.03. The number of amides is 1. The summed E-state index contributed by atoms with van der Waals surface area (Å²) in [5.41, 5.74) is 1.77. The van der Waals surface area contributed by atoms with Gasteiger partial charge in [0.2, 0.25) is 0 Å². The van der Waals surface area contributed by atoms with Crippen LogP contribution in [0.2, 0.25) is 0 Å². The number of ether oxygens (including phenoxy) is 1. The zero-order valence-electron chi connectivity index (χ0n) is 11.9. The minimum absolute atomic E-state index is 0.187. The lowest BCUT2D eigenvalue weighted by molar-refractivity contribution is -0.139. The summed E-state index contributed by atoms with van der Waals surface area (Å²) in [4.78, 5) is 25.9.